The molecule has 9 heteroatoms. The molecule has 1 unspecified atom stereocenters. The molecule has 0 radical (unpaired) electrons. The smallest absolute Gasteiger partial charge is 0.267 e. The van der Waals surface area contributed by atoms with Crippen LogP contribution >= 0.6 is 11.8 Å². The van der Waals surface area contributed by atoms with E-state index in [1.165, 1.54) is 18.8 Å². The maximum absolute atomic E-state index is 12.9. The molecule has 0 aliphatic carbocycles. The van der Waals surface area contributed by atoms with Crippen molar-refractivity contribution in [2.24, 2.45) is 0 Å². The zero-order chi connectivity index (χ0) is 19.3. The number of aromatic nitrogens is 4. The lowest BCUT2D eigenvalue weighted by molar-refractivity contribution is 0.147. The van der Waals surface area contributed by atoms with Gasteiger partial charge >= 0.3 is 0 Å². The van der Waals surface area contributed by atoms with Crippen molar-refractivity contribution in [3.8, 4) is 0 Å². The molecule has 2 aliphatic heterocycles. The highest BCUT2D eigenvalue weighted by molar-refractivity contribution is 7.98. The molecule has 1 N–H and O–H groups in total. The monoisotopic (exact) mass is 404 g/mol. The molecule has 0 spiro atoms. The lowest BCUT2D eigenvalue weighted by atomic mass is 10.0. The lowest BCUT2D eigenvalue weighted by Gasteiger charge is -2.35. The van der Waals surface area contributed by atoms with E-state index >= 15 is 0 Å². The van der Waals surface area contributed by atoms with E-state index in [1.54, 1.807) is 10.7 Å². The fraction of sp³-hybridized carbons (Fsp3) is 0.579. The van der Waals surface area contributed by atoms with Crippen molar-refractivity contribution in [3.63, 3.8) is 0 Å². The van der Waals surface area contributed by atoms with E-state index < -0.39 is 5.82 Å². The summed E-state index contributed by atoms with van der Waals surface area (Å²) in [6, 6.07) is 2.10. The highest BCUT2D eigenvalue weighted by atomic mass is 32.2. The Morgan fingerprint density at radius 3 is 2.96 bits per heavy atom. The first kappa shape index (κ1) is 19.3. The SMILES string of the molecule is O=c1cc2c(nn1CCN1CCCCC1CNc1ncc(F)cn1)CCSC2. The largest absolute Gasteiger partial charge is 0.353 e. The number of rotatable bonds is 6. The van der Waals surface area contributed by atoms with Crippen LogP contribution in [-0.4, -0.2) is 56.1 Å². The summed E-state index contributed by atoms with van der Waals surface area (Å²) in [6.07, 6.45) is 6.70. The van der Waals surface area contributed by atoms with Crippen molar-refractivity contribution >= 4 is 17.7 Å². The Balaban J connectivity index is 1.37. The van der Waals surface area contributed by atoms with Gasteiger partial charge in [0, 0.05) is 37.4 Å². The van der Waals surface area contributed by atoms with E-state index in [0.29, 0.717) is 25.1 Å². The molecule has 1 saturated heterocycles. The average Bonchev–Trinajstić information content (AvgIpc) is 2.72. The molecular weight excluding hydrogens is 379 g/mol. The molecule has 4 rings (SSSR count). The molecule has 2 aliphatic rings. The number of thioether (sulfide) groups is 1. The van der Waals surface area contributed by atoms with E-state index in [1.807, 2.05) is 11.8 Å². The molecule has 28 heavy (non-hydrogen) atoms. The van der Waals surface area contributed by atoms with E-state index in [9.17, 15) is 9.18 Å². The minimum absolute atomic E-state index is 0.00681. The summed E-state index contributed by atoms with van der Waals surface area (Å²) in [5, 5.41) is 7.82. The number of aryl methyl sites for hydroxylation is 1. The van der Waals surface area contributed by atoms with Crippen LogP contribution in [0.25, 0.3) is 0 Å². The van der Waals surface area contributed by atoms with Crippen LogP contribution < -0.4 is 10.9 Å². The van der Waals surface area contributed by atoms with Crippen molar-refractivity contribution < 1.29 is 4.39 Å². The van der Waals surface area contributed by atoms with Gasteiger partial charge in [-0.05, 0) is 30.7 Å². The molecule has 0 aromatic carbocycles. The fourth-order valence-electron chi connectivity index (χ4n) is 3.83. The lowest BCUT2D eigenvalue weighted by Crippen LogP contribution is -2.46. The normalized spacial score (nSPS) is 20.0. The van der Waals surface area contributed by atoms with E-state index in [4.69, 9.17) is 0 Å². The van der Waals surface area contributed by atoms with Gasteiger partial charge in [0.15, 0.2) is 5.82 Å². The number of hydrogen-bond donors (Lipinski definition) is 1. The van der Waals surface area contributed by atoms with Crippen molar-refractivity contribution in [1.82, 2.24) is 24.6 Å². The molecule has 2 aromatic rings. The second-order valence-electron chi connectivity index (χ2n) is 7.27. The highest BCUT2D eigenvalue weighted by Crippen LogP contribution is 2.21. The van der Waals surface area contributed by atoms with Crippen LogP contribution in [0.1, 0.15) is 30.5 Å². The third kappa shape index (κ3) is 4.70. The maximum atomic E-state index is 12.9. The maximum Gasteiger partial charge on any atom is 0.267 e. The van der Waals surface area contributed by atoms with Crippen LogP contribution in [0.4, 0.5) is 10.3 Å². The summed E-state index contributed by atoms with van der Waals surface area (Å²) < 4.78 is 14.6. The summed E-state index contributed by atoms with van der Waals surface area (Å²) in [5.74, 6) is 1.97. The van der Waals surface area contributed by atoms with Crippen LogP contribution in [-0.2, 0) is 18.7 Å². The minimum Gasteiger partial charge on any atom is -0.353 e. The highest BCUT2D eigenvalue weighted by Gasteiger charge is 2.23. The molecule has 4 heterocycles. The Hall–Kier alpha value is -2.00. The number of nitrogens with zero attached hydrogens (tertiary/aromatic N) is 5. The molecule has 2 aromatic heterocycles. The molecular formula is C19H25FN6OS. The summed E-state index contributed by atoms with van der Waals surface area (Å²) in [4.78, 5) is 22.7. The predicted octanol–water partition coefficient (Wildman–Crippen LogP) is 1.93. The Bertz CT molecular complexity index is 858. The summed E-state index contributed by atoms with van der Waals surface area (Å²) in [7, 11) is 0. The fourth-order valence-corrected chi connectivity index (χ4v) is 4.79. The summed E-state index contributed by atoms with van der Waals surface area (Å²) >= 11 is 1.86. The predicted molar refractivity (Wildman–Crippen MR) is 108 cm³/mol. The van der Waals surface area contributed by atoms with Gasteiger partial charge in [-0.15, -0.1) is 0 Å². The summed E-state index contributed by atoms with van der Waals surface area (Å²) in [6.45, 7) is 3.10. The zero-order valence-electron chi connectivity index (χ0n) is 15.8. The van der Waals surface area contributed by atoms with Crippen molar-refractivity contribution in [2.45, 2.75) is 44.0 Å². The van der Waals surface area contributed by atoms with Crippen LogP contribution in [0.5, 0.6) is 0 Å². The number of piperidine rings is 1. The van der Waals surface area contributed by atoms with Gasteiger partial charge < -0.3 is 5.32 Å². The Kier molecular flexibility index (Phi) is 6.21. The number of likely N-dealkylation sites (tertiary alicyclic amines) is 1. The number of nitrogens with one attached hydrogen (secondary N) is 1. The molecule has 0 amide bonds. The standard InChI is InChI=1S/C19H25FN6OS/c20-15-10-21-19(22-11-15)23-12-16-3-1-2-5-25(16)6-7-26-18(27)9-14-13-28-8-4-17(14)24-26/h9-11,16H,1-8,12-13H2,(H,21,22,23). The van der Waals surface area contributed by atoms with Crippen LogP contribution in [0, 0.1) is 5.82 Å². The number of anilines is 1. The molecule has 7 nitrogen and oxygen atoms in total. The van der Waals surface area contributed by atoms with Gasteiger partial charge in [-0.3, -0.25) is 9.69 Å². The minimum atomic E-state index is -0.438. The summed E-state index contributed by atoms with van der Waals surface area (Å²) in [5.41, 5.74) is 2.16. The molecule has 1 fully saturated rings. The Morgan fingerprint density at radius 1 is 1.25 bits per heavy atom. The van der Waals surface area contributed by atoms with Crippen molar-refractivity contribution in [1.29, 1.82) is 0 Å². The third-order valence-electron chi connectivity index (χ3n) is 5.37. The van der Waals surface area contributed by atoms with Crippen LogP contribution in [0.15, 0.2) is 23.3 Å². The van der Waals surface area contributed by atoms with E-state index in [-0.39, 0.29) is 5.56 Å². The van der Waals surface area contributed by atoms with Gasteiger partial charge in [0.2, 0.25) is 5.95 Å². The van der Waals surface area contributed by atoms with Gasteiger partial charge in [0.25, 0.3) is 5.56 Å². The quantitative estimate of drug-likeness (QED) is 0.788. The van der Waals surface area contributed by atoms with Crippen LogP contribution in [0.3, 0.4) is 0 Å². The first-order valence-electron chi connectivity index (χ1n) is 9.82. The third-order valence-corrected chi connectivity index (χ3v) is 6.38. The first-order valence-corrected chi connectivity index (χ1v) is 11.0. The molecule has 0 bridgehead atoms. The number of hydrogen-bond acceptors (Lipinski definition) is 7. The van der Waals surface area contributed by atoms with Gasteiger partial charge in [-0.2, -0.15) is 16.9 Å². The number of halogens is 1. The number of fused-ring (bicyclic) bond motifs is 1. The van der Waals surface area contributed by atoms with Crippen LogP contribution in [0.2, 0.25) is 0 Å². The van der Waals surface area contributed by atoms with Gasteiger partial charge in [0.1, 0.15) is 0 Å². The molecule has 150 valence electrons. The average molecular weight is 405 g/mol. The van der Waals surface area contributed by atoms with E-state index in [0.717, 1.165) is 55.1 Å². The van der Waals surface area contributed by atoms with Crippen molar-refractivity contribution in [2.75, 3.05) is 30.7 Å². The Labute approximate surface area is 167 Å². The second-order valence-corrected chi connectivity index (χ2v) is 8.38. The van der Waals surface area contributed by atoms with Crippen molar-refractivity contribution in [3.05, 3.63) is 45.9 Å². The zero-order valence-corrected chi connectivity index (χ0v) is 16.6. The topological polar surface area (TPSA) is 75.9 Å². The van der Waals surface area contributed by atoms with E-state index in [2.05, 4.69) is 25.3 Å². The van der Waals surface area contributed by atoms with Gasteiger partial charge in [-0.1, -0.05) is 6.42 Å². The molecule has 1 atom stereocenters. The van der Waals surface area contributed by atoms with Gasteiger partial charge in [-0.25, -0.2) is 19.0 Å². The Morgan fingerprint density at radius 2 is 2.11 bits per heavy atom. The molecule has 0 saturated carbocycles. The first-order chi connectivity index (χ1) is 13.7. The second kappa shape index (κ2) is 9.00. The van der Waals surface area contributed by atoms with Gasteiger partial charge in [0.05, 0.1) is 24.6 Å².